The van der Waals surface area contributed by atoms with Crippen molar-refractivity contribution in [3.63, 3.8) is 0 Å². The van der Waals surface area contributed by atoms with Gasteiger partial charge in [-0.15, -0.1) is 6.58 Å². The summed E-state index contributed by atoms with van der Waals surface area (Å²) in [4.78, 5) is 71.3. The van der Waals surface area contributed by atoms with E-state index in [1.807, 2.05) is 50.9 Å². The zero-order valence-electron chi connectivity index (χ0n) is 33.7. The Bertz CT molecular complexity index is 2060. The van der Waals surface area contributed by atoms with Crippen molar-refractivity contribution in [3.8, 4) is 33.6 Å². The van der Waals surface area contributed by atoms with Crippen molar-refractivity contribution >= 4 is 24.0 Å². The lowest BCUT2D eigenvalue weighted by Gasteiger charge is -2.37. The molecular formula is C43H54N8O6. The number of alkyl carbamates (subject to hydrolysis) is 2. The summed E-state index contributed by atoms with van der Waals surface area (Å²) < 4.78 is 9.55. The van der Waals surface area contributed by atoms with Gasteiger partial charge in [-0.05, 0) is 65.7 Å². The highest BCUT2D eigenvalue weighted by atomic mass is 16.5. The number of likely N-dealkylation sites (tertiary alicyclic amines) is 1. The number of amides is 4. The normalized spacial score (nSPS) is 18.9. The SMILES string of the molecule is C=CC[C@@H](c1ncc(-c2ccc(-c3ccc(-c4cnc([C@H]5[C@H]6CC[C@@H](C6)N5C(=O)[C@H](NC(=O)OC)C(C)C)[nH]4)cc3)cc2)[nH]1)N(C)C(=O)[C@@H](NC(=O)OC)C(C)C. The summed E-state index contributed by atoms with van der Waals surface area (Å²) in [5.74, 6) is 1.06. The van der Waals surface area contributed by atoms with Crippen LogP contribution in [0, 0.1) is 17.8 Å². The van der Waals surface area contributed by atoms with Crippen LogP contribution in [0.25, 0.3) is 33.6 Å². The number of nitrogens with zero attached hydrogens (tertiary/aromatic N) is 4. The van der Waals surface area contributed by atoms with Gasteiger partial charge in [-0.1, -0.05) is 82.3 Å². The molecule has 6 atom stereocenters. The highest BCUT2D eigenvalue weighted by molar-refractivity contribution is 5.87. The minimum absolute atomic E-state index is 0.100. The van der Waals surface area contributed by atoms with Crippen molar-refractivity contribution in [2.24, 2.45) is 17.8 Å². The summed E-state index contributed by atoms with van der Waals surface area (Å²) in [6, 6.07) is 14.5. The molecule has 14 heteroatoms. The average Bonchev–Trinajstić information content (AvgIpc) is 4.05. The molecule has 2 bridgehead atoms. The van der Waals surface area contributed by atoms with Crippen molar-refractivity contribution < 1.29 is 28.7 Å². The third-order valence-corrected chi connectivity index (χ3v) is 11.3. The lowest BCUT2D eigenvalue weighted by Crippen LogP contribution is -2.54. The molecule has 6 rings (SSSR count). The Morgan fingerprint density at radius 2 is 1.35 bits per heavy atom. The Balaban J connectivity index is 1.14. The molecule has 2 aromatic carbocycles. The van der Waals surface area contributed by atoms with Crippen molar-refractivity contribution in [1.82, 2.24) is 40.4 Å². The van der Waals surface area contributed by atoms with Gasteiger partial charge in [0.1, 0.15) is 23.7 Å². The smallest absolute Gasteiger partial charge is 0.407 e. The van der Waals surface area contributed by atoms with Crippen LogP contribution in [-0.4, -0.2) is 93.1 Å². The number of ether oxygens (including phenoxy) is 2. The Hall–Kier alpha value is -5.92. The van der Waals surface area contributed by atoms with E-state index in [-0.39, 0.29) is 35.7 Å². The number of hydrogen-bond donors (Lipinski definition) is 4. The van der Waals surface area contributed by atoms with E-state index in [9.17, 15) is 19.2 Å². The van der Waals surface area contributed by atoms with Gasteiger partial charge in [-0.25, -0.2) is 19.6 Å². The van der Waals surface area contributed by atoms with Crippen LogP contribution in [0.3, 0.4) is 0 Å². The third kappa shape index (κ3) is 8.59. The maximum Gasteiger partial charge on any atom is 0.407 e. The molecule has 57 heavy (non-hydrogen) atoms. The van der Waals surface area contributed by atoms with Gasteiger partial charge in [-0.2, -0.15) is 0 Å². The summed E-state index contributed by atoms with van der Waals surface area (Å²) in [5, 5.41) is 5.40. The van der Waals surface area contributed by atoms with Gasteiger partial charge < -0.3 is 39.9 Å². The number of likely N-dealkylation sites (N-methyl/N-ethyl adjacent to an activating group) is 1. The molecule has 1 saturated carbocycles. The molecule has 4 aromatic rings. The fraction of sp³-hybridized carbons (Fsp3) is 0.442. The Morgan fingerprint density at radius 3 is 1.89 bits per heavy atom. The zero-order valence-corrected chi connectivity index (χ0v) is 33.7. The topological polar surface area (TPSA) is 175 Å². The fourth-order valence-corrected chi connectivity index (χ4v) is 8.17. The molecule has 4 N–H and O–H groups in total. The average molecular weight is 779 g/mol. The molecule has 0 spiro atoms. The van der Waals surface area contributed by atoms with Crippen LogP contribution in [0.5, 0.6) is 0 Å². The predicted octanol–water partition coefficient (Wildman–Crippen LogP) is 7.02. The van der Waals surface area contributed by atoms with Crippen molar-refractivity contribution in [2.75, 3.05) is 21.3 Å². The number of carbonyl (C=O) groups is 4. The maximum absolute atomic E-state index is 13.9. The molecule has 2 aliphatic rings. The van der Waals surface area contributed by atoms with E-state index in [1.54, 1.807) is 24.2 Å². The van der Waals surface area contributed by atoms with Crippen LogP contribution in [-0.2, 0) is 19.1 Å². The van der Waals surface area contributed by atoms with Gasteiger partial charge in [0.05, 0.1) is 50.1 Å². The molecule has 0 unspecified atom stereocenters. The Labute approximate surface area is 333 Å². The van der Waals surface area contributed by atoms with Crippen LogP contribution in [0.4, 0.5) is 9.59 Å². The largest absolute Gasteiger partial charge is 0.453 e. The zero-order chi connectivity index (χ0) is 41.0. The number of methoxy groups -OCH3 is 2. The minimum atomic E-state index is -0.764. The lowest BCUT2D eigenvalue weighted by molar-refractivity contribution is -0.139. The molecule has 2 aromatic heterocycles. The predicted molar refractivity (Wildman–Crippen MR) is 216 cm³/mol. The maximum atomic E-state index is 13.9. The molecular weight excluding hydrogens is 725 g/mol. The Morgan fingerprint density at radius 1 is 0.825 bits per heavy atom. The molecule has 4 amide bonds. The van der Waals surface area contributed by atoms with E-state index in [0.29, 0.717) is 18.2 Å². The van der Waals surface area contributed by atoms with E-state index in [2.05, 4.69) is 68.6 Å². The van der Waals surface area contributed by atoms with Crippen LogP contribution in [0.15, 0.2) is 73.6 Å². The number of fused-ring (bicyclic) bond motifs is 2. The number of hydrogen-bond acceptors (Lipinski definition) is 8. The highest BCUT2D eigenvalue weighted by Crippen LogP contribution is 2.50. The van der Waals surface area contributed by atoms with Gasteiger partial charge in [0.2, 0.25) is 11.8 Å². The molecule has 1 aliphatic heterocycles. The number of rotatable bonds is 14. The van der Waals surface area contributed by atoms with Crippen molar-refractivity contribution in [2.45, 2.75) is 83.6 Å². The van der Waals surface area contributed by atoms with E-state index in [4.69, 9.17) is 14.5 Å². The number of aromatic amines is 2. The molecule has 1 saturated heterocycles. The second kappa shape index (κ2) is 17.5. The van der Waals surface area contributed by atoms with Crippen molar-refractivity contribution in [1.29, 1.82) is 0 Å². The molecule has 14 nitrogen and oxygen atoms in total. The summed E-state index contributed by atoms with van der Waals surface area (Å²) in [6.45, 7) is 11.5. The Kier molecular flexibility index (Phi) is 12.5. The number of nitrogens with one attached hydrogen (secondary N) is 4. The standard InChI is InChI=1S/C43H54N8O6/c1-9-10-34(50(6)40(52)35(24(2)3)48-42(54)56-7)38-44-22-32(46-38)28-15-11-26(12-16-28)27-13-17-29(18-14-27)33-23-45-39(47-33)37-30-19-20-31(21-30)51(37)41(53)36(25(4)5)49-43(55)57-8/h9,11-18,22-25,30-31,34-37H,1,10,19-21H2,2-8H3,(H,44,46)(H,45,47)(H,48,54)(H,49,55)/t30-,31-,34-,35-,36+,37+/m0/s1. The number of benzene rings is 2. The van der Waals surface area contributed by atoms with E-state index < -0.39 is 30.3 Å². The van der Waals surface area contributed by atoms with E-state index in [1.165, 1.54) is 14.2 Å². The summed E-state index contributed by atoms with van der Waals surface area (Å²) in [5.41, 5.74) is 5.67. The first-order valence-electron chi connectivity index (χ1n) is 19.5. The van der Waals surface area contributed by atoms with Crippen LogP contribution < -0.4 is 10.6 Å². The number of carbonyl (C=O) groups excluding carboxylic acids is 4. The van der Waals surface area contributed by atoms with Gasteiger partial charge in [0.15, 0.2) is 0 Å². The number of aromatic nitrogens is 4. The first-order valence-corrected chi connectivity index (χ1v) is 19.5. The van der Waals surface area contributed by atoms with Gasteiger partial charge >= 0.3 is 12.2 Å². The first kappa shape index (κ1) is 40.7. The molecule has 2 fully saturated rings. The second-order valence-corrected chi connectivity index (χ2v) is 15.6. The lowest BCUT2D eigenvalue weighted by atomic mass is 9.95. The highest BCUT2D eigenvalue weighted by Gasteiger charge is 2.51. The first-order chi connectivity index (χ1) is 27.3. The summed E-state index contributed by atoms with van der Waals surface area (Å²) in [6.07, 6.45) is 7.41. The van der Waals surface area contributed by atoms with E-state index in [0.717, 1.165) is 58.7 Å². The fourth-order valence-electron chi connectivity index (χ4n) is 8.17. The van der Waals surface area contributed by atoms with Crippen LogP contribution in [0.1, 0.15) is 77.1 Å². The van der Waals surface area contributed by atoms with Crippen LogP contribution in [0.2, 0.25) is 0 Å². The summed E-state index contributed by atoms with van der Waals surface area (Å²) in [7, 11) is 4.27. The van der Waals surface area contributed by atoms with E-state index >= 15 is 0 Å². The monoisotopic (exact) mass is 778 g/mol. The van der Waals surface area contributed by atoms with Crippen molar-refractivity contribution in [3.05, 3.63) is 85.2 Å². The van der Waals surface area contributed by atoms with Gasteiger partial charge in [-0.3, -0.25) is 9.59 Å². The second-order valence-electron chi connectivity index (χ2n) is 15.6. The molecule has 1 aliphatic carbocycles. The number of imidazole rings is 2. The molecule has 3 heterocycles. The third-order valence-electron chi connectivity index (χ3n) is 11.3. The van der Waals surface area contributed by atoms with Gasteiger partial charge in [0, 0.05) is 13.1 Å². The number of piperidine rings is 1. The summed E-state index contributed by atoms with van der Waals surface area (Å²) >= 11 is 0. The molecule has 302 valence electrons. The van der Waals surface area contributed by atoms with Gasteiger partial charge in [0.25, 0.3) is 0 Å². The minimum Gasteiger partial charge on any atom is -0.453 e. The number of H-pyrrole nitrogens is 2. The van der Waals surface area contributed by atoms with Crippen LogP contribution >= 0.6 is 0 Å². The quantitative estimate of drug-likeness (QED) is 0.0988. The molecule has 0 radical (unpaired) electrons.